The van der Waals surface area contributed by atoms with Crippen LogP contribution in [0.15, 0.2) is 24.3 Å². The second-order valence-corrected chi connectivity index (χ2v) is 5.02. The monoisotopic (exact) mass is 273 g/mol. The molecule has 106 valence electrons. The summed E-state index contributed by atoms with van der Waals surface area (Å²) in [4.78, 5) is 10.6. The normalized spacial score (nSPS) is 10.6. The molecule has 0 saturated heterocycles. The van der Waals surface area contributed by atoms with Crippen LogP contribution in [0, 0.1) is 30.9 Å². The van der Waals surface area contributed by atoms with E-state index in [0.29, 0.717) is 12.1 Å². The van der Waals surface area contributed by atoms with Crippen molar-refractivity contribution in [1.29, 1.82) is 0 Å². The van der Waals surface area contributed by atoms with Gasteiger partial charge in [0, 0.05) is 42.3 Å². The van der Waals surface area contributed by atoms with Crippen LogP contribution < -0.4 is 5.32 Å². The van der Waals surface area contributed by atoms with Crippen LogP contribution in [0.5, 0.6) is 0 Å². The van der Waals surface area contributed by atoms with E-state index in [0.717, 1.165) is 5.69 Å². The highest BCUT2D eigenvalue weighted by Crippen LogP contribution is 2.26. The van der Waals surface area contributed by atoms with Crippen LogP contribution in [0.4, 0.5) is 11.4 Å². The molecular formula is C15H19N3O2. The van der Waals surface area contributed by atoms with Crippen LogP contribution in [0.3, 0.4) is 0 Å². The Labute approximate surface area is 118 Å². The molecule has 1 N–H and O–H groups in total. The van der Waals surface area contributed by atoms with E-state index in [9.17, 15) is 10.1 Å². The van der Waals surface area contributed by atoms with Crippen molar-refractivity contribution in [2.45, 2.75) is 27.3 Å². The number of aromatic nitrogens is 1. The zero-order valence-electron chi connectivity index (χ0n) is 12.2. The Morgan fingerprint density at radius 2 is 2.00 bits per heavy atom. The van der Waals surface area contributed by atoms with Gasteiger partial charge in [0.25, 0.3) is 5.69 Å². The van der Waals surface area contributed by atoms with E-state index in [1.54, 1.807) is 13.0 Å². The van der Waals surface area contributed by atoms with Crippen molar-refractivity contribution in [3.8, 4) is 0 Å². The maximum Gasteiger partial charge on any atom is 0.274 e. The van der Waals surface area contributed by atoms with Gasteiger partial charge in [0.05, 0.1) is 4.92 Å². The van der Waals surface area contributed by atoms with Crippen molar-refractivity contribution in [2.24, 2.45) is 7.05 Å². The van der Waals surface area contributed by atoms with E-state index in [1.807, 2.05) is 13.1 Å². The summed E-state index contributed by atoms with van der Waals surface area (Å²) >= 11 is 0. The number of hydrogen-bond donors (Lipinski definition) is 1. The minimum atomic E-state index is -0.349. The molecule has 0 aliphatic carbocycles. The first-order chi connectivity index (χ1) is 9.41. The van der Waals surface area contributed by atoms with Gasteiger partial charge in [-0.3, -0.25) is 10.1 Å². The van der Waals surface area contributed by atoms with Crippen LogP contribution in [0.1, 0.15) is 22.5 Å². The first-order valence-electron chi connectivity index (χ1n) is 6.51. The molecule has 0 bridgehead atoms. The largest absolute Gasteiger partial charge is 0.380 e. The molecule has 0 saturated carbocycles. The summed E-state index contributed by atoms with van der Waals surface area (Å²) in [5.41, 5.74) is 5.24. The minimum Gasteiger partial charge on any atom is -0.380 e. The number of nitrogens with zero attached hydrogens (tertiary/aromatic N) is 2. The number of rotatable bonds is 4. The van der Waals surface area contributed by atoms with E-state index in [4.69, 9.17) is 0 Å². The summed E-state index contributed by atoms with van der Waals surface area (Å²) in [6.45, 7) is 6.57. The molecule has 2 aromatic rings. The molecule has 5 heteroatoms. The number of nitrogens with one attached hydrogen (secondary N) is 1. The Morgan fingerprint density at radius 3 is 2.55 bits per heavy atom. The maximum absolute atomic E-state index is 10.9. The maximum atomic E-state index is 10.9. The lowest BCUT2D eigenvalue weighted by Gasteiger charge is -2.10. The zero-order chi connectivity index (χ0) is 14.9. The molecule has 0 unspecified atom stereocenters. The summed E-state index contributed by atoms with van der Waals surface area (Å²) in [6.07, 6.45) is 0. The van der Waals surface area contributed by atoms with Gasteiger partial charge < -0.3 is 9.88 Å². The number of nitro benzene ring substituents is 1. The standard InChI is InChI=1S/C15H19N3O2/c1-10-8-13(12(3)17(10)4)9-16-14-6-5-7-15(11(14)2)18(19)20/h5-8,16H,9H2,1-4H3. The molecule has 1 aromatic carbocycles. The van der Waals surface area contributed by atoms with Crippen molar-refractivity contribution in [1.82, 2.24) is 4.57 Å². The highest BCUT2D eigenvalue weighted by atomic mass is 16.6. The molecule has 0 aliphatic rings. The number of benzene rings is 1. The third-order valence-electron chi connectivity index (χ3n) is 3.85. The molecule has 0 spiro atoms. The van der Waals surface area contributed by atoms with Crippen molar-refractivity contribution >= 4 is 11.4 Å². The van der Waals surface area contributed by atoms with E-state index in [1.165, 1.54) is 23.0 Å². The number of nitro groups is 1. The quantitative estimate of drug-likeness (QED) is 0.685. The molecule has 0 atom stereocenters. The van der Waals surface area contributed by atoms with Crippen LogP contribution in [-0.4, -0.2) is 9.49 Å². The lowest BCUT2D eigenvalue weighted by Crippen LogP contribution is -2.04. The smallest absolute Gasteiger partial charge is 0.274 e. The summed E-state index contributed by atoms with van der Waals surface area (Å²) in [7, 11) is 2.03. The first-order valence-corrected chi connectivity index (χ1v) is 6.51. The van der Waals surface area contributed by atoms with Gasteiger partial charge in [-0.1, -0.05) is 6.07 Å². The van der Waals surface area contributed by atoms with Crippen LogP contribution in [0.25, 0.3) is 0 Å². The predicted molar refractivity (Wildman–Crippen MR) is 80.0 cm³/mol. The van der Waals surface area contributed by atoms with Crippen LogP contribution in [0.2, 0.25) is 0 Å². The lowest BCUT2D eigenvalue weighted by molar-refractivity contribution is -0.385. The molecule has 5 nitrogen and oxygen atoms in total. The highest BCUT2D eigenvalue weighted by Gasteiger charge is 2.13. The van der Waals surface area contributed by atoms with E-state index in [2.05, 4.69) is 29.8 Å². The molecule has 1 aromatic heterocycles. The molecule has 0 fully saturated rings. The van der Waals surface area contributed by atoms with Crippen LogP contribution >= 0.6 is 0 Å². The summed E-state index contributed by atoms with van der Waals surface area (Å²) in [5.74, 6) is 0. The SMILES string of the molecule is Cc1c(NCc2cc(C)n(C)c2C)cccc1[N+](=O)[O-]. The predicted octanol–water partition coefficient (Wildman–Crippen LogP) is 3.47. The Hall–Kier alpha value is -2.30. The van der Waals surface area contributed by atoms with Crippen molar-refractivity contribution < 1.29 is 4.92 Å². The molecule has 0 radical (unpaired) electrons. The third kappa shape index (κ3) is 2.52. The second kappa shape index (κ2) is 5.36. The summed E-state index contributed by atoms with van der Waals surface area (Å²) < 4.78 is 2.14. The molecule has 0 amide bonds. The van der Waals surface area contributed by atoms with Crippen molar-refractivity contribution in [3.05, 3.63) is 56.9 Å². The van der Waals surface area contributed by atoms with Gasteiger partial charge in [-0.25, -0.2) is 0 Å². The fourth-order valence-corrected chi connectivity index (χ4v) is 2.32. The molecule has 20 heavy (non-hydrogen) atoms. The lowest BCUT2D eigenvalue weighted by atomic mass is 10.1. The van der Waals surface area contributed by atoms with Gasteiger partial charge in [-0.2, -0.15) is 0 Å². The molecular weight excluding hydrogens is 254 g/mol. The molecule has 0 aliphatic heterocycles. The van der Waals surface area contributed by atoms with E-state index >= 15 is 0 Å². The second-order valence-electron chi connectivity index (χ2n) is 5.02. The van der Waals surface area contributed by atoms with E-state index < -0.39 is 0 Å². The summed E-state index contributed by atoms with van der Waals surface area (Å²) in [6, 6.07) is 7.23. The Kier molecular flexibility index (Phi) is 3.79. The molecule has 2 rings (SSSR count). The first kappa shape index (κ1) is 14.1. The van der Waals surface area contributed by atoms with Gasteiger partial charge in [-0.05, 0) is 38.5 Å². The Morgan fingerprint density at radius 1 is 1.30 bits per heavy atom. The Balaban J connectivity index is 2.21. The highest BCUT2D eigenvalue weighted by molar-refractivity contribution is 5.60. The fraction of sp³-hybridized carbons (Fsp3) is 0.333. The van der Waals surface area contributed by atoms with Gasteiger partial charge in [0.1, 0.15) is 0 Å². The average Bonchev–Trinajstić information content (AvgIpc) is 2.65. The van der Waals surface area contributed by atoms with Crippen LogP contribution in [-0.2, 0) is 13.6 Å². The average molecular weight is 273 g/mol. The van der Waals surface area contributed by atoms with Gasteiger partial charge in [-0.15, -0.1) is 0 Å². The van der Waals surface area contributed by atoms with Gasteiger partial charge in [0.2, 0.25) is 0 Å². The minimum absolute atomic E-state index is 0.149. The number of hydrogen-bond acceptors (Lipinski definition) is 3. The Bertz CT molecular complexity index is 659. The van der Waals surface area contributed by atoms with Crippen molar-refractivity contribution in [2.75, 3.05) is 5.32 Å². The zero-order valence-corrected chi connectivity index (χ0v) is 12.2. The van der Waals surface area contributed by atoms with Gasteiger partial charge in [0.15, 0.2) is 0 Å². The van der Waals surface area contributed by atoms with Gasteiger partial charge >= 0.3 is 0 Å². The number of aryl methyl sites for hydroxylation is 1. The molecule has 1 heterocycles. The topological polar surface area (TPSA) is 60.1 Å². The summed E-state index contributed by atoms with van der Waals surface area (Å²) in [5, 5.41) is 14.2. The van der Waals surface area contributed by atoms with E-state index in [-0.39, 0.29) is 10.6 Å². The number of anilines is 1. The fourth-order valence-electron chi connectivity index (χ4n) is 2.32. The van der Waals surface area contributed by atoms with Crippen molar-refractivity contribution in [3.63, 3.8) is 0 Å². The third-order valence-corrected chi connectivity index (χ3v) is 3.85.